The molecule has 0 aromatic rings. The highest BCUT2D eigenvalue weighted by Crippen LogP contribution is 1.81. The van der Waals surface area contributed by atoms with Crippen molar-refractivity contribution in [2.75, 3.05) is 0 Å². The van der Waals surface area contributed by atoms with Crippen LogP contribution >= 0.6 is 0 Å². The normalized spacial score (nSPS) is 14.8. The van der Waals surface area contributed by atoms with E-state index in [-0.39, 0.29) is 0 Å². The summed E-state index contributed by atoms with van der Waals surface area (Å²) in [7, 11) is 0. The van der Waals surface area contributed by atoms with E-state index in [0.717, 1.165) is 12.8 Å². The molecular weight excluding hydrogens is 126 g/mol. The molecule has 0 radical (unpaired) electrons. The van der Waals surface area contributed by atoms with Gasteiger partial charge in [-0.2, -0.15) is 0 Å². The maximum absolute atomic E-state index is 9.68. The van der Waals surface area contributed by atoms with Crippen LogP contribution in [0.25, 0.3) is 0 Å². The van der Waals surface area contributed by atoms with Crippen molar-refractivity contribution in [1.29, 1.82) is 0 Å². The molecular formula is C4H8NO2S-. The minimum absolute atomic E-state index is 0.730. The van der Waals surface area contributed by atoms with Crippen LogP contribution in [0.5, 0.6) is 0 Å². The van der Waals surface area contributed by atoms with Gasteiger partial charge in [-0.1, -0.05) is 13.3 Å². The molecule has 0 saturated carbocycles. The van der Waals surface area contributed by atoms with Gasteiger partial charge in [0.05, 0.1) is 11.3 Å². The fraction of sp³-hybridized carbons (Fsp3) is 0.750. The molecule has 3 nitrogen and oxygen atoms in total. The zero-order valence-electron chi connectivity index (χ0n) is 4.66. The summed E-state index contributed by atoms with van der Waals surface area (Å²) in [6, 6.07) is 0. The molecule has 0 saturated heterocycles. The van der Waals surface area contributed by atoms with Crippen molar-refractivity contribution >= 4 is 17.5 Å². The van der Waals surface area contributed by atoms with Gasteiger partial charge in [0, 0.05) is 6.21 Å². The van der Waals surface area contributed by atoms with Gasteiger partial charge < -0.3 is 4.55 Å². The monoisotopic (exact) mass is 134 g/mol. The molecule has 0 spiro atoms. The Morgan fingerprint density at radius 2 is 2.50 bits per heavy atom. The minimum atomic E-state index is -2.25. The van der Waals surface area contributed by atoms with E-state index in [1.165, 1.54) is 6.21 Å². The van der Waals surface area contributed by atoms with Crippen LogP contribution < -0.4 is 0 Å². The molecule has 0 aromatic carbocycles. The molecule has 0 bridgehead atoms. The first kappa shape index (κ1) is 7.78. The maximum atomic E-state index is 9.68. The molecule has 0 aliphatic rings. The van der Waals surface area contributed by atoms with Crippen LogP contribution in [-0.4, -0.2) is 15.0 Å². The number of hydrogen-bond donors (Lipinski definition) is 0. The Hall–Kier alpha value is -0.220. The highest BCUT2D eigenvalue weighted by molar-refractivity contribution is 7.77. The molecule has 0 aliphatic heterocycles. The zero-order valence-corrected chi connectivity index (χ0v) is 5.48. The van der Waals surface area contributed by atoms with Gasteiger partial charge >= 0.3 is 0 Å². The molecule has 1 atom stereocenters. The van der Waals surface area contributed by atoms with Crippen molar-refractivity contribution in [2.45, 2.75) is 19.8 Å². The summed E-state index contributed by atoms with van der Waals surface area (Å²) in [6.07, 6.45) is 3.05. The standard InChI is InChI=1S/C4H9NO2S/c1-2-3-4-5-8(6)7/h4H,2-3H2,1H3,(H,6,7)/p-1. The lowest BCUT2D eigenvalue weighted by atomic mass is 10.4. The molecule has 0 rings (SSSR count). The second-order valence-corrected chi connectivity index (χ2v) is 1.94. The van der Waals surface area contributed by atoms with E-state index >= 15 is 0 Å². The molecule has 0 fully saturated rings. The van der Waals surface area contributed by atoms with Crippen molar-refractivity contribution in [1.82, 2.24) is 0 Å². The Balaban J connectivity index is 3.20. The summed E-state index contributed by atoms with van der Waals surface area (Å²) in [5, 5.41) is 0. The Labute approximate surface area is 51.2 Å². The van der Waals surface area contributed by atoms with Crippen LogP contribution in [0.4, 0.5) is 0 Å². The van der Waals surface area contributed by atoms with Gasteiger partial charge in [-0.05, 0) is 6.42 Å². The first-order valence-corrected chi connectivity index (χ1v) is 3.42. The number of nitrogens with zero attached hydrogens (tertiary/aromatic N) is 1. The molecule has 0 aromatic heterocycles. The second-order valence-electron chi connectivity index (χ2n) is 1.29. The van der Waals surface area contributed by atoms with Gasteiger partial charge in [-0.25, -0.2) is 4.40 Å². The van der Waals surface area contributed by atoms with Gasteiger partial charge in [0.15, 0.2) is 0 Å². The molecule has 48 valence electrons. The van der Waals surface area contributed by atoms with Crippen LogP contribution in [-0.2, 0) is 11.3 Å². The fourth-order valence-corrected chi connectivity index (χ4v) is 0.470. The molecule has 0 heterocycles. The lowest BCUT2D eigenvalue weighted by Gasteiger charge is -1.91. The van der Waals surface area contributed by atoms with E-state index in [4.69, 9.17) is 0 Å². The Morgan fingerprint density at radius 1 is 1.88 bits per heavy atom. The quantitative estimate of drug-likeness (QED) is 0.420. The third-order valence-electron chi connectivity index (χ3n) is 0.578. The molecule has 0 aliphatic carbocycles. The number of rotatable bonds is 3. The number of unbranched alkanes of at least 4 members (excludes halogenated alkanes) is 1. The van der Waals surface area contributed by atoms with Gasteiger partial charge in [-0.15, -0.1) is 0 Å². The lowest BCUT2D eigenvalue weighted by Crippen LogP contribution is -1.80. The molecule has 1 unspecified atom stereocenters. The zero-order chi connectivity index (χ0) is 6.41. The van der Waals surface area contributed by atoms with E-state index in [9.17, 15) is 8.76 Å². The Bertz CT molecular complexity index is 102. The van der Waals surface area contributed by atoms with Crippen LogP contribution in [0, 0.1) is 0 Å². The van der Waals surface area contributed by atoms with E-state index in [2.05, 4.69) is 4.40 Å². The van der Waals surface area contributed by atoms with Crippen LogP contribution in [0.2, 0.25) is 0 Å². The summed E-state index contributed by atoms with van der Waals surface area (Å²) in [5.74, 6) is 0. The van der Waals surface area contributed by atoms with Gasteiger partial charge in [0.2, 0.25) is 0 Å². The lowest BCUT2D eigenvalue weighted by molar-refractivity contribution is 0.539. The van der Waals surface area contributed by atoms with Crippen molar-refractivity contribution in [3.05, 3.63) is 0 Å². The molecule has 4 heteroatoms. The maximum Gasteiger partial charge on any atom is 0.0673 e. The van der Waals surface area contributed by atoms with Crippen LogP contribution in [0.15, 0.2) is 4.40 Å². The number of hydrogen-bond acceptors (Lipinski definition) is 2. The topological polar surface area (TPSA) is 52.5 Å². The van der Waals surface area contributed by atoms with Gasteiger partial charge in [0.1, 0.15) is 0 Å². The summed E-state index contributed by atoms with van der Waals surface area (Å²) in [5.41, 5.74) is 0. The minimum Gasteiger partial charge on any atom is -0.754 e. The predicted octanol–water partition coefficient (Wildman–Crippen LogP) is 0.651. The summed E-state index contributed by atoms with van der Waals surface area (Å²) in [4.78, 5) is 0. The highest BCUT2D eigenvalue weighted by Gasteiger charge is 1.71. The first-order valence-electron chi connectivity index (χ1n) is 2.39. The average molecular weight is 134 g/mol. The molecule has 0 amide bonds. The third kappa shape index (κ3) is 5.78. The summed E-state index contributed by atoms with van der Waals surface area (Å²) in [6.45, 7) is 1.96. The van der Waals surface area contributed by atoms with E-state index in [1.54, 1.807) is 0 Å². The SMILES string of the molecule is CCCC=NS(=O)[O-]. The smallest absolute Gasteiger partial charge is 0.0673 e. The van der Waals surface area contributed by atoms with Crippen LogP contribution in [0.1, 0.15) is 19.8 Å². The van der Waals surface area contributed by atoms with Gasteiger partial charge in [-0.3, -0.25) is 4.21 Å². The highest BCUT2D eigenvalue weighted by atomic mass is 32.2. The molecule has 8 heavy (non-hydrogen) atoms. The van der Waals surface area contributed by atoms with E-state index < -0.39 is 11.3 Å². The summed E-state index contributed by atoms with van der Waals surface area (Å²) < 4.78 is 22.5. The summed E-state index contributed by atoms with van der Waals surface area (Å²) >= 11 is -2.25. The fourth-order valence-electron chi connectivity index (χ4n) is 0.243. The third-order valence-corrected chi connectivity index (χ3v) is 0.900. The van der Waals surface area contributed by atoms with Crippen molar-refractivity contribution in [2.24, 2.45) is 4.40 Å². The Kier molecular flexibility index (Phi) is 4.79. The first-order chi connectivity index (χ1) is 3.77. The second kappa shape index (κ2) is 4.93. The van der Waals surface area contributed by atoms with Gasteiger partial charge in [0.25, 0.3) is 0 Å². The van der Waals surface area contributed by atoms with Crippen LogP contribution in [0.3, 0.4) is 0 Å². The van der Waals surface area contributed by atoms with E-state index in [1.807, 2.05) is 6.92 Å². The van der Waals surface area contributed by atoms with Crippen molar-refractivity contribution < 1.29 is 8.76 Å². The van der Waals surface area contributed by atoms with E-state index in [0.29, 0.717) is 0 Å². The van der Waals surface area contributed by atoms with Crippen molar-refractivity contribution in [3.8, 4) is 0 Å². The molecule has 0 N–H and O–H groups in total. The predicted molar refractivity (Wildman–Crippen MR) is 32.3 cm³/mol. The van der Waals surface area contributed by atoms with Crippen molar-refractivity contribution in [3.63, 3.8) is 0 Å². The average Bonchev–Trinajstić information content (AvgIpc) is 1.66. The largest absolute Gasteiger partial charge is 0.754 e. The Morgan fingerprint density at radius 3 is 2.88 bits per heavy atom.